The Morgan fingerprint density at radius 2 is 2.14 bits per heavy atom. The van der Waals surface area contributed by atoms with Crippen LogP contribution in [0.15, 0.2) is 24.4 Å². The molecule has 1 aromatic rings. The van der Waals surface area contributed by atoms with Gasteiger partial charge < -0.3 is 10.6 Å². The zero-order valence-corrected chi connectivity index (χ0v) is 8.40. The van der Waals surface area contributed by atoms with E-state index in [4.69, 9.17) is 10.6 Å². The Labute approximate surface area is 83.7 Å². The Morgan fingerprint density at radius 1 is 1.36 bits per heavy atom. The molecule has 2 N–H and O–H groups in total. The highest BCUT2D eigenvalue weighted by atomic mass is 16.7. The van der Waals surface area contributed by atoms with Gasteiger partial charge in [0.1, 0.15) is 0 Å². The standard InChI is InChI=1S/C11H14N2O/c1-8(2)13-6-5-9-7-10(12)3-4-11(9)14-13/h3-8H,12H2,1-2H3. The molecule has 0 fully saturated rings. The molecule has 3 nitrogen and oxygen atoms in total. The Hall–Kier alpha value is -1.64. The van der Waals surface area contributed by atoms with Gasteiger partial charge in [-0.25, -0.2) is 5.06 Å². The minimum Gasteiger partial charge on any atom is -0.399 e. The van der Waals surface area contributed by atoms with Crippen molar-refractivity contribution in [3.05, 3.63) is 30.0 Å². The van der Waals surface area contributed by atoms with Crippen LogP contribution in [-0.4, -0.2) is 11.1 Å². The summed E-state index contributed by atoms with van der Waals surface area (Å²) in [5.74, 6) is 0.857. The first-order valence-electron chi connectivity index (χ1n) is 4.71. The van der Waals surface area contributed by atoms with Gasteiger partial charge in [0.25, 0.3) is 0 Å². The number of nitrogens with two attached hydrogens (primary N) is 1. The summed E-state index contributed by atoms with van der Waals surface area (Å²) >= 11 is 0. The largest absolute Gasteiger partial charge is 0.399 e. The normalized spacial score (nSPS) is 14.1. The third kappa shape index (κ3) is 1.53. The molecular formula is C11H14N2O. The van der Waals surface area contributed by atoms with Gasteiger partial charge in [-0.15, -0.1) is 0 Å². The molecule has 0 saturated carbocycles. The lowest BCUT2D eigenvalue weighted by Crippen LogP contribution is -2.30. The molecule has 1 heterocycles. The summed E-state index contributed by atoms with van der Waals surface area (Å²) in [7, 11) is 0. The zero-order chi connectivity index (χ0) is 10.1. The predicted octanol–water partition coefficient (Wildman–Crippen LogP) is 2.26. The number of rotatable bonds is 1. The summed E-state index contributed by atoms with van der Waals surface area (Å²) < 4.78 is 0. The number of hydrogen-bond acceptors (Lipinski definition) is 3. The van der Waals surface area contributed by atoms with E-state index < -0.39 is 0 Å². The first-order chi connectivity index (χ1) is 6.66. The minimum absolute atomic E-state index is 0.331. The number of hydroxylamine groups is 2. The Balaban J connectivity index is 2.31. The average molecular weight is 190 g/mol. The lowest BCUT2D eigenvalue weighted by Gasteiger charge is -2.28. The summed E-state index contributed by atoms with van der Waals surface area (Å²) in [6.07, 6.45) is 3.93. The van der Waals surface area contributed by atoms with E-state index in [1.165, 1.54) is 0 Å². The summed E-state index contributed by atoms with van der Waals surface area (Å²) in [5.41, 5.74) is 7.46. The fourth-order valence-corrected chi connectivity index (χ4v) is 1.36. The van der Waals surface area contributed by atoms with Crippen LogP contribution in [-0.2, 0) is 0 Å². The van der Waals surface area contributed by atoms with Crippen LogP contribution in [0.1, 0.15) is 19.4 Å². The van der Waals surface area contributed by atoms with Gasteiger partial charge in [0.05, 0.1) is 6.04 Å². The average Bonchev–Trinajstić information content (AvgIpc) is 2.16. The summed E-state index contributed by atoms with van der Waals surface area (Å²) in [6.45, 7) is 4.15. The van der Waals surface area contributed by atoms with Crippen molar-refractivity contribution in [1.82, 2.24) is 5.06 Å². The van der Waals surface area contributed by atoms with Crippen LogP contribution in [0, 0.1) is 0 Å². The number of hydrogen-bond donors (Lipinski definition) is 1. The third-order valence-electron chi connectivity index (χ3n) is 2.15. The zero-order valence-electron chi connectivity index (χ0n) is 8.40. The quantitative estimate of drug-likeness (QED) is 0.690. The van der Waals surface area contributed by atoms with Crippen LogP contribution in [0.25, 0.3) is 6.08 Å². The van der Waals surface area contributed by atoms with Crippen molar-refractivity contribution in [3.63, 3.8) is 0 Å². The van der Waals surface area contributed by atoms with Crippen LogP contribution >= 0.6 is 0 Å². The van der Waals surface area contributed by atoms with Gasteiger partial charge in [0.15, 0.2) is 5.75 Å². The topological polar surface area (TPSA) is 38.5 Å². The SMILES string of the molecule is CC(C)N1C=Cc2cc(N)ccc2O1. The fraction of sp³-hybridized carbons (Fsp3) is 0.273. The number of fused-ring (bicyclic) bond motifs is 1. The molecule has 0 bridgehead atoms. The summed E-state index contributed by atoms with van der Waals surface area (Å²) in [4.78, 5) is 5.64. The van der Waals surface area contributed by atoms with E-state index in [0.717, 1.165) is 17.0 Å². The van der Waals surface area contributed by atoms with Gasteiger partial charge in [-0.05, 0) is 38.1 Å². The van der Waals surface area contributed by atoms with Crippen molar-refractivity contribution in [2.24, 2.45) is 0 Å². The number of nitrogen functional groups attached to an aromatic ring is 1. The highest BCUT2D eigenvalue weighted by Gasteiger charge is 2.13. The van der Waals surface area contributed by atoms with Gasteiger partial charge in [-0.3, -0.25) is 0 Å². The molecule has 3 heteroatoms. The van der Waals surface area contributed by atoms with E-state index in [-0.39, 0.29) is 0 Å². The van der Waals surface area contributed by atoms with Crippen molar-refractivity contribution in [3.8, 4) is 5.75 Å². The Kier molecular flexibility index (Phi) is 2.08. The molecule has 0 atom stereocenters. The van der Waals surface area contributed by atoms with E-state index in [1.54, 1.807) is 0 Å². The maximum atomic E-state index is 5.67. The first kappa shape index (κ1) is 8.94. The second-order valence-corrected chi connectivity index (χ2v) is 3.66. The van der Waals surface area contributed by atoms with Crippen LogP contribution in [0.3, 0.4) is 0 Å². The summed E-state index contributed by atoms with van der Waals surface area (Å²) in [5, 5.41) is 1.82. The van der Waals surface area contributed by atoms with Crippen LogP contribution < -0.4 is 10.6 Å². The maximum Gasteiger partial charge on any atom is 0.162 e. The van der Waals surface area contributed by atoms with Crippen molar-refractivity contribution in [2.75, 3.05) is 5.73 Å². The smallest absolute Gasteiger partial charge is 0.162 e. The first-order valence-corrected chi connectivity index (χ1v) is 4.71. The Morgan fingerprint density at radius 3 is 2.86 bits per heavy atom. The van der Waals surface area contributed by atoms with Crippen molar-refractivity contribution in [2.45, 2.75) is 19.9 Å². The highest BCUT2D eigenvalue weighted by molar-refractivity contribution is 5.63. The molecule has 1 aromatic carbocycles. The van der Waals surface area contributed by atoms with Gasteiger partial charge in [-0.1, -0.05) is 0 Å². The molecule has 1 aliphatic heterocycles. The Bertz CT molecular complexity index is 372. The van der Waals surface area contributed by atoms with Gasteiger partial charge in [0.2, 0.25) is 0 Å². The van der Waals surface area contributed by atoms with Crippen molar-refractivity contribution >= 4 is 11.8 Å². The number of anilines is 1. The molecule has 0 aromatic heterocycles. The summed E-state index contributed by atoms with van der Waals surface area (Å²) in [6, 6.07) is 5.97. The van der Waals surface area contributed by atoms with E-state index in [0.29, 0.717) is 6.04 Å². The fourth-order valence-electron chi connectivity index (χ4n) is 1.36. The molecule has 0 amide bonds. The van der Waals surface area contributed by atoms with Crippen LogP contribution in [0.2, 0.25) is 0 Å². The number of benzene rings is 1. The molecule has 0 radical (unpaired) electrons. The molecule has 2 rings (SSSR count). The third-order valence-corrected chi connectivity index (χ3v) is 2.15. The molecule has 0 spiro atoms. The molecule has 0 aliphatic carbocycles. The van der Waals surface area contributed by atoms with Gasteiger partial charge in [0, 0.05) is 17.5 Å². The maximum absolute atomic E-state index is 5.67. The highest BCUT2D eigenvalue weighted by Crippen LogP contribution is 2.27. The lowest BCUT2D eigenvalue weighted by atomic mass is 10.1. The second-order valence-electron chi connectivity index (χ2n) is 3.66. The van der Waals surface area contributed by atoms with Crippen molar-refractivity contribution in [1.29, 1.82) is 0 Å². The van der Waals surface area contributed by atoms with E-state index in [1.807, 2.05) is 35.5 Å². The van der Waals surface area contributed by atoms with E-state index in [2.05, 4.69) is 13.8 Å². The molecule has 1 aliphatic rings. The van der Waals surface area contributed by atoms with E-state index in [9.17, 15) is 0 Å². The molecule has 14 heavy (non-hydrogen) atoms. The predicted molar refractivity (Wildman–Crippen MR) is 57.5 cm³/mol. The molecule has 0 unspecified atom stereocenters. The second kappa shape index (κ2) is 3.25. The molecule has 0 saturated heterocycles. The van der Waals surface area contributed by atoms with Gasteiger partial charge >= 0.3 is 0 Å². The number of nitrogens with zero attached hydrogens (tertiary/aromatic N) is 1. The molecule has 74 valence electrons. The molecular weight excluding hydrogens is 176 g/mol. The van der Waals surface area contributed by atoms with Crippen LogP contribution in [0.5, 0.6) is 5.75 Å². The van der Waals surface area contributed by atoms with E-state index >= 15 is 0 Å². The van der Waals surface area contributed by atoms with Crippen LogP contribution in [0.4, 0.5) is 5.69 Å². The van der Waals surface area contributed by atoms with Gasteiger partial charge in [-0.2, -0.15) is 0 Å². The van der Waals surface area contributed by atoms with Crippen molar-refractivity contribution < 1.29 is 4.84 Å². The monoisotopic (exact) mass is 190 g/mol. The minimum atomic E-state index is 0.331. The lowest BCUT2D eigenvalue weighted by molar-refractivity contribution is -0.0374.